The van der Waals surface area contributed by atoms with Crippen molar-refractivity contribution in [1.82, 2.24) is 10.2 Å². The number of halogens is 1. The molecule has 1 saturated heterocycles. The summed E-state index contributed by atoms with van der Waals surface area (Å²) >= 11 is 5.85. The topological polar surface area (TPSA) is 61.8 Å². The van der Waals surface area contributed by atoms with Crippen LogP contribution in [0.15, 0.2) is 18.2 Å². The minimum absolute atomic E-state index is 0.0628. The third-order valence-corrected chi connectivity index (χ3v) is 3.62. The highest BCUT2D eigenvalue weighted by molar-refractivity contribution is 6.32. The number of nitrogens with one attached hydrogen (secondary N) is 1. The number of morpholine rings is 1. The van der Waals surface area contributed by atoms with Gasteiger partial charge in [-0.15, -0.1) is 0 Å². The van der Waals surface area contributed by atoms with Crippen LogP contribution in [0, 0.1) is 0 Å². The predicted molar refractivity (Wildman–Crippen MR) is 76.8 cm³/mol. The zero-order valence-corrected chi connectivity index (χ0v) is 12.2. The number of phenolic OH excluding ortho intramolecular Hbond substituents is 1. The number of ether oxygens (including phenoxy) is 1. The van der Waals surface area contributed by atoms with E-state index in [1.807, 2.05) is 11.8 Å². The summed E-state index contributed by atoms with van der Waals surface area (Å²) in [6.45, 7) is 4.88. The lowest BCUT2D eigenvalue weighted by atomic mass is 10.2. The van der Waals surface area contributed by atoms with E-state index in [0.29, 0.717) is 37.9 Å². The lowest BCUT2D eigenvalue weighted by molar-refractivity contribution is -0.137. The second-order valence-electron chi connectivity index (χ2n) is 4.83. The van der Waals surface area contributed by atoms with Crippen LogP contribution in [-0.4, -0.2) is 48.3 Å². The second-order valence-corrected chi connectivity index (χ2v) is 5.23. The van der Waals surface area contributed by atoms with Gasteiger partial charge in [0.1, 0.15) is 5.75 Å². The van der Waals surface area contributed by atoms with Crippen LogP contribution in [0.1, 0.15) is 12.5 Å². The van der Waals surface area contributed by atoms with E-state index in [9.17, 15) is 9.90 Å². The fraction of sp³-hybridized carbons (Fsp3) is 0.500. The fourth-order valence-corrected chi connectivity index (χ4v) is 2.28. The third kappa shape index (κ3) is 3.85. The Morgan fingerprint density at radius 1 is 1.50 bits per heavy atom. The standard InChI is InChI=1S/C14H19ClN2O3/c1-10(14(19)17-4-6-20-7-5-17)16-9-11-2-3-13(18)12(15)8-11/h2-3,8,10,16,18H,4-7,9H2,1H3. The summed E-state index contributed by atoms with van der Waals surface area (Å²) < 4.78 is 5.23. The minimum atomic E-state index is -0.263. The summed E-state index contributed by atoms with van der Waals surface area (Å²) in [7, 11) is 0. The van der Waals surface area contributed by atoms with Gasteiger partial charge in [0.05, 0.1) is 24.3 Å². The van der Waals surface area contributed by atoms with Crippen molar-refractivity contribution in [3.63, 3.8) is 0 Å². The number of phenols is 1. The zero-order chi connectivity index (χ0) is 14.5. The summed E-state index contributed by atoms with van der Waals surface area (Å²) in [6, 6.07) is 4.75. The van der Waals surface area contributed by atoms with Gasteiger partial charge < -0.3 is 20.1 Å². The number of hydrogen-bond acceptors (Lipinski definition) is 4. The van der Waals surface area contributed by atoms with E-state index in [-0.39, 0.29) is 17.7 Å². The molecule has 1 aromatic carbocycles. The highest BCUT2D eigenvalue weighted by atomic mass is 35.5. The molecule has 1 aliphatic heterocycles. The van der Waals surface area contributed by atoms with Crippen LogP contribution < -0.4 is 5.32 Å². The maximum absolute atomic E-state index is 12.2. The maximum Gasteiger partial charge on any atom is 0.239 e. The number of nitrogens with zero attached hydrogens (tertiary/aromatic N) is 1. The van der Waals surface area contributed by atoms with Crippen molar-refractivity contribution in [3.05, 3.63) is 28.8 Å². The van der Waals surface area contributed by atoms with E-state index in [0.717, 1.165) is 5.56 Å². The molecule has 1 fully saturated rings. The first-order chi connectivity index (χ1) is 9.58. The van der Waals surface area contributed by atoms with Crippen LogP contribution >= 0.6 is 11.6 Å². The first kappa shape index (κ1) is 15.1. The van der Waals surface area contributed by atoms with Crippen molar-refractivity contribution >= 4 is 17.5 Å². The van der Waals surface area contributed by atoms with E-state index in [2.05, 4.69) is 5.32 Å². The van der Waals surface area contributed by atoms with E-state index in [1.165, 1.54) is 0 Å². The molecule has 1 unspecified atom stereocenters. The van der Waals surface area contributed by atoms with E-state index in [1.54, 1.807) is 18.2 Å². The third-order valence-electron chi connectivity index (χ3n) is 3.32. The predicted octanol–water partition coefficient (Wildman–Crippen LogP) is 1.38. The van der Waals surface area contributed by atoms with Crippen molar-refractivity contribution in [2.75, 3.05) is 26.3 Å². The van der Waals surface area contributed by atoms with Gasteiger partial charge in [0.25, 0.3) is 0 Å². The van der Waals surface area contributed by atoms with Crippen LogP contribution in [0.5, 0.6) is 5.75 Å². The Morgan fingerprint density at radius 3 is 2.85 bits per heavy atom. The number of benzene rings is 1. The molecule has 0 aliphatic carbocycles. The maximum atomic E-state index is 12.2. The Labute approximate surface area is 123 Å². The van der Waals surface area contributed by atoms with Gasteiger partial charge in [-0.25, -0.2) is 0 Å². The lowest BCUT2D eigenvalue weighted by Crippen LogP contribution is -2.49. The van der Waals surface area contributed by atoms with Gasteiger partial charge >= 0.3 is 0 Å². The average Bonchev–Trinajstić information content (AvgIpc) is 2.48. The van der Waals surface area contributed by atoms with Crippen LogP contribution in [-0.2, 0) is 16.1 Å². The number of hydrogen-bond donors (Lipinski definition) is 2. The van der Waals surface area contributed by atoms with Crippen LogP contribution in [0.25, 0.3) is 0 Å². The molecule has 2 N–H and O–H groups in total. The highest BCUT2D eigenvalue weighted by Gasteiger charge is 2.21. The fourth-order valence-electron chi connectivity index (χ4n) is 2.08. The molecule has 1 aromatic rings. The number of amides is 1. The lowest BCUT2D eigenvalue weighted by Gasteiger charge is -2.29. The summed E-state index contributed by atoms with van der Waals surface area (Å²) in [5.74, 6) is 0.144. The average molecular weight is 299 g/mol. The molecule has 5 nitrogen and oxygen atoms in total. The van der Waals surface area contributed by atoms with Gasteiger partial charge in [0, 0.05) is 19.6 Å². The number of rotatable bonds is 4. The number of carbonyl (C=O) groups is 1. The van der Waals surface area contributed by atoms with E-state index < -0.39 is 0 Å². The molecule has 6 heteroatoms. The van der Waals surface area contributed by atoms with E-state index in [4.69, 9.17) is 16.3 Å². The molecule has 2 rings (SSSR count). The van der Waals surface area contributed by atoms with Crippen molar-refractivity contribution in [2.24, 2.45) is 0 Å². The van der Waals surface area contributed by atoms with Gasteiger partial charge in [-0.05, 0) is 24.6 Å². The summed E-state index contributed by atoms with van der Waals surface area (Å²) in [4.78, 5) is 14.0. The molecule has 1 aliphatic rings. The molecule has 1 heterocycles. The molecule has 110 valence electrons. The Balaban J connectivity index is 1.85. The molecule has 0 radical (unpaired) electrons. The van der Waals surface area contributed by atoms with Crippen LogP contribution in [0.2, 0.25) is 5.02 Å². The molecule has 1 atom stereocenters. The summed E-state index contributed by atoms with van der Waals surface area (Å²) in [5, 5.41) is 12.8. The first-order valence-corrected chi connectivity index (χ1v) is 7.03. The van der Waals surface area contributed by atoms with Gasteiger partial charge in [-0.3, -0.25) is 4.79 Å². The van der Waals surface area contributed by atoms with Crippen molar-refractivity contribution in [3.8, 4) is 5.75 Å². The second kappa shape index (κ2) is 6.92. The molecule has 20 heavy (non-hydrogen) atoms. The largest absolute Gasteiger partial charge is 0.506 e. The molecule has 0 bridgehead atoms. The molecule has 0 spiro atoms. The smallest absolute Gasteiger partial charge is 0.239 e. The van der Waals surface area contributed by atoms with Gasteiger partial charge in [-0.2, -0.15) is 0 Å². The number of aromatic hydroxyl groups is 1. The Morgan fingerprint density at radius 2 is 2.20 bits per heavy atom. The Kier molecular flexibility index (Phi) is 5.23. The first-order valence-electron chi connectivity index (χ1n) is 6.65. The molecule has 1 amide bonds. The van der Waals surface area contributed by atoms with Crippen molar-refractivity contribution in [1.29, 1.82) is 0 Å². The van der Waals surface area contributed by atoms with E-state index >= 15 is 0 Å². The molecule has 0 aromatic heterocycles. The Hall–Kier alpha value is -1.30. The Bertz CT molecular complexity index is 475. The monoisotopic (exact) mass is 298 g/mol. The van der Waals surface area contributed by atoms with Crippen LogP contribution in [0.3, 0.4) is 0 Å². The zero-order valence-electron chi connectivity index (χ0n) is 11.4. The van der Waals surface area contributed by atoms with Crippen molar-refractivity contribution < 1.29 is 14.6 Å². The number of carbonyl (C=O) groups excluding carboxylic acids is 1. The van der Waals surface area contributed by atoms with Gasteiger partial charge in [-0.1, -0.05) is 17.7 Å². The minimum Gasteiger partial charge on any atom is -0.506 e. The molecule has 0 saturated carbocycles. The quantitative estimate of drug-likeness (QED) is 0.882. The van der Waals surface area contributed by atoms with Gasteiger partial charge in [0.15, 0.2) is 0 Å². The van der Waals surface area contributed by atoms with Crippen molar-refractivity contribution in [2.45, 2.75) is 19.5 Å². The normalized spacial score (nSPS) is 17.0. The van der Waals surface area contributed by atoms with Gasteiger partial charge in [0.2, 0.25) is 5.91 Å². The summed E-state index contributed by atoms with van der Waals surface area (Å²) in [6.07, 6.45) is 0. The molecular formula is C14H19ClN2O3. The summed E-state index contributed by atoms with van der Waals surface area (Å²) in [5.41, 5.74) is 0.925. The highest BCUT2D eigenvalue weighted by Crippen LogP contribution is 2.23. The SMILES string of the molecule is CC(NCc1ccc(O)c(Cl)c1)C(=O)N1CCOCC1. The van der Waals surface area contributed by atoms with Crippen LogP contribution in [0.4, 0.5) is 0 Å². The molecular weight excluding hydrogens is 280 g/mol.